The van der Waals surface area contributed by atoms with Crippen molar-refractivity contribution in [1.29, 1.82) is 0 Å². The summed E-state index contributed by atoms with van der Waals surface area (Å²) in [5.74, 6) is 1.08. The van der Waals surface area contributed by atoms with Gasteiger partial charge in [-0.1, -0.05) is 12.5 Å². The first-order valence-electron chi connectivity index (χ1n) is 11.0. The van der Waals surface area contributed by atoms with E-state index in [1.54, 1.807) is 11.3 Å². The monoisotopic (exact) mass is 427 g/mol. The normalized spacial score (nSPS) is 21.1. The molecular weight excluding hydrogens is 398 g/mol. The molecule has 1 aromatic carbocycles. The van der Waals surface area contributed by atoms with Crippen LogP contribution in [0.3, 0.4) is 0 Å². The van der Waals surface area contributed by atoms with Crippen LogP contribution >= 0.6 is 11.3 Å². The second-order valence-corrected chi connectivity index (χ2v) is 9.55. The zero-order chi connectivity index (χ0) is 20.4. The van der Waals surface area contributed by atoms with Gasteiger partial charge in [0, 0.05) is 62.2 Å². The number of fused-ring (bicyclic) bond motifs is 1. The molecule has 1 aromatic heterocycles. The van der Waals surface area contributed by atoms with E-state index in [2.05, 4.69) is 32.6 Å². The highest BCUT2D eigenvalue weighted by molar-refractivity contribution is 7.09. The number of amides is 1. The van der Waals surface area contributed by atoms with Crippen molar-refractivity contribution < 1.29 is 14.3 Å². The third-order valence-electron chi connectivity index (χ3n) is 6.23. The number of carbonyl (C=O) groups excluding carboxylic acids is 1. The fourth-order valence-electron chi connectivity index (χ4n) is 4.60. The molecular formula is C23H29N3O3S. The number of hydrogen-bond donors (Lipinski definition) is 1. The van der Waals surface area contributed by atoms with E-state index in [9.17, 15) is 4.79 Å². The number of benzene rings is 1. The Morgan fingerprint density at radius 2 is 1.77 bits per heavy atom. The molecule has 0 bridgehead atoms. The van der Waals surface area contributed by atoms with Crippen LogP contribution in [0.1, 0.15) is 37.0 Å². The maximum Gasteiger partial charge on any atom is 0.251 e. The van der Waals surface area contributed by atoms with E-state index in [0.717, 1.165) is 75.6 Å². The molecule has 160 valence electrons. The van der Waals surface area contributed by atoms with Crippen molar-refractivity contribution in [3.63, 3.8) is 0 Å². The van der Waals surface area contributed by atoms with E-state index in [1.807, 2.05) is 18.2 Å². The largest absolute Gasteiger partial charge is 0.448 e. The molecule has 2 fully saturated rings. The Balaban J connectivity index is 1.11. The van der Waals surface area contributed by atoms with Crippen molar-refractivity contribution in [2.24, 2.45) is 0 Å². The van der Waals surface area contributed by atoms with Crippen LogP contribution in [0.15, 0.2) is 35.7 Å². The van der Waals surface area contributed by atoms with Crippen molar-refractivity contribution >= 4 is 22.9 Å². The van der Waals surface area contributed by atoms with Crippen molar-refractivity contribution in [1.82, 2.24) is 9.80 Å². The summed E-state index contributed by atoms with van der Waals surface area (Å²) >= 11 is 1.81. The Labute approximate surface area is 181 Å². The summed E-state index contributed by atoms with van der Waals surface area (Å²) < 4.78 is 12.3. The third-order valence-corrected chi connectivity index (χ3v) is 7.09. The van der Waals surface area contributed by atoms with Gasteiger partial charge in [0.1, 0.15) is 0 Å². The third kappa shape index (κ3) is 4.48. The Morgan fingerprint density at radius 1 is 1.00 bits per heavy atom. The van der Waals surface area contributed by atoms with Crippen LogP contribution in [0.2, 0.25) is 0 Å². The standard InChI is InChI=1S/C23H29N3O3S/c27-22(17-26-12-10-25(11-13-26)16-19-5-4-14-30-19)24-18-6-7-20-21(15-18)29-23(28-20)8-2-1-3-9-23/h4-7,14-15H,1-3,8-13,16-17H2,(H,24,27). The first-order chi connectivity index (χ1) is 14.7. The van der Waals surface area contributed by atoms with Gasteiger partial charge >= 0.3 is 0 Å². The zero-order valence-corrected chi connectivity index (χ0v) is 18.1. The molecule has 5 rings (SSSR count). The summed E-state index contributed by atoms with van der Waals surface area (Å²) in [7, 11) is 0. The number of carbonyl (C=O) groups is 1. The molecule has 0 radical (unpaired) electrons. The molecule has 2 aliphatic heterocycles. The lowest BCUT2D eigenvalue weighted by Gasteiger charge is -2.34. The van der Waals surface area contributed by atoms with Gasteiger partial charge in [-0.05, 0) is 36.4 Å². The van der Waals surface area contributed by atoms with Crippen LogP contribution in [0.25, 0.3) is 0 Å². The van der Waals surface area contributed by atoms with E-state index in [-0.39, 0.29) is 5.91 Å². The highest BCUT2D eigenvalue weighted by Gasteiger charge is 2.42. The smallest absolute Gasteiger partial charge is 0.251 e. The molecule has 3 aliphatic rings. The van der Waals surface area contributed by atoms with E-state index >= 15 is 0 Å². The summed E-state index contributed by atoms with van der Waals surface area (Å²) in [5, 5.41) is 5.16. The van der Waals surface area contributed by atoms with Crippen molar-refractivity contribution in [3.8, 4) is 11.5 Å². The average Bonchev–Trinajstić information content (AvgIpc) is 3.37. The lowest BCUT2D eigenvalue weighted by molar-refractivity contribution is -0.117. The van der Waals surface area contributed by atoms with Gasteiger partial charge in [-0.2, -0.15) is 0 Å². The van der Waals surface area contributed by atoms with Crippen LogP contribution < -0.4 is 14.8 Å². The van der Waals surface area contributed by atoms with Crippen LogP contribution in [0, 0.1) is 0 Å². The molecule has 2 aromatic rings. The SMILES string of the molecule is O=C(CN1CCN(Cc2cccs2)CC1)Nc1ccc2c(c1)OC1(CCCCC1)O2. The van der Waals surface area contributed by atoms with Gasteiger partial charge in [-0.3, -0.25) is 14.6 Å². The molecule has 30 heavy (non-hydrogen) atoms. The van der Waals surface area contributed by atoms with Gasteiger partial charge in [0.15, 0.2) is 11.5 Å². The number of rotatable bonds is 5. The fraction of sp³-hybridized carbons (Fsp3) is 0.522. The molecule has 6 nitrogen and oxygen atoms in total. The van der Waals surface area contributed by atoms with E-state index in [0.29, 0.717) is 6.54 Å². The summed E-state index contributed by atoms with van der Waals surface area (Å²) in [4.78, 5) is 18.7. The lowest BCUT2D eigenvalue weighted by Crippen LogP contribution is -2.48. The molecule has 1 aliphatic carbocycles. The van der Waals surface area contributed by atoms with Crippen molar-refractivity contribution in [2.75, 3.05) is 38.0 Å². The van der Waals surface area contributed by atoms with E-state index in [4.69, 9.17) is 9.47 Å². The molecule has 1 N–H and O–H groups in total. The van der Waals surface area contributed by atoms with Gasteiger partial charge in [-0.15, -0.1) is 11.3 Å². The molecule has 1 spiro atoms. The average molecular weight is 428 g/mol. The summed E-state index contributed by atoms with van der Waals surface area (Å²) in [6.07, 6.45) is 5.38. The Bertz CT molecular complexity index is 872. The lowest BCUT2D eigenvalue weighted by atomic mass is 9.94. The summed E-state index contributed by atoms with van der Waals surface area (Å²) in [6.45, 7) is 5.26. The summed E-state index contributed by atoms with van der Waals surface area (Å²) in [5.41, 5.74) is 0.770. The van der Waals surface area contributed by atoms with Gasteiger partial charge in [0.05, 0.1) is 6.54 Å². The maximum atomic E-state index is 12.6. The number of hydrogen-bond acceptors (Lipinski definition) is 6. The predicted molar refractivity (Wildman–Crippen MR) is 118 cm³/mol. The van der Waals surface area contributed by atoms with Crippen molar-refractivity contribution in [3.05, 3.63) is 40.6 Å². The number of nitrogens with zero attached hydrogens (tertiary/aromatic N) is 2. The Kier molecular flexibility index (Phi) is 5.67. The number of nitrogens with one attached hydrogen (secondary N) is 1. The number of thiophene rings is 1. The van der Waals surface area contributed by atoms with Crippen LogP contribution in [0.5, 0.6) is 11.5 Å². The molecule has 1 saturated heterocycles. The Hall–Kier alpha value is -2.09. The topological polar surface area (TPSA) is 54.0 Å². The fourth-order valence-corrected chi connectivity index (χ4v) is 5.34. The molecule has 0 atom stereocenters. The zero-order valence-electron chi connectivity index (χ0n) is 17.3. The predicted octanol–water partition coefficient (Wildman–Crippen LogP) is 3.94. The van der Waals surface area contributed by atoms with Gasteiger partial charge < -0.3 is 14.8 Å². The van der Waals surface area contributed by atoms with E-state index < -0.39 is 5.79 Å². The van der Waals surface area contributed by atoms with Gasteiger partial charge in [0.2, 0.25) is 5.91 Å². The van der Waals surface area contributed by atoms with Gasteiger partial charge in [0.25, 0.3) is 5.79 Å². The number of anilines is 1. The van der Waals surface area contributed by atoms with Crippen LogP contribution in [-0.2, 0) is 11.3 Å². The molecule has 1 amide bonds. The molecule has 7 heteroatoms. The molecule has 0 unspecified atom stereocenters. The molecule has 3 heterocycles. The minimum absolute atomic E-state index is 0.0213. The molecule has 1 saturated carbocycles. The van der Waals surface area contributed by atoms with Crippen molar-refractivity contribution in [2.45, 2.75) is 44.4 Å². The minimum atomic E-state index is -0.480. The number of ether oxygens (including phenoxy) is 2. The minimum Gasteiger partial charge on any atom is -0.448 e. The second kappa shape index (κ2) is 8.57. The first kappa shape index (κ1) is 19.8. The highest BCUT2D eigenvalue weighted by atomic mass is 32.1. The maximum absolute atomic E-state index is 12.6. The van der Waals surface area contributed by atoms with Gasteiger partial charge in [-0.25, -0.2) is 0 Å². The quantitative estimate of drug-likeness (QED) is 0.783. The number of piperazine rings is 1. The first-order valence-corrected chi connectivity index (χ1v) is 11.8. The van der Waals surface area contributed by atoms with Crippen LogP contribution in [-0.4, -0.2) is 54.2 Å². The summed E-state index contributed by atoms with van der Waals surface area (Å²) in [6, 6.07) is 10.0. The van der Waals surface area contributed by atoms with Crippen LogP contribution in [0.4, 0.5) is 5.69 Å². The van der Waals surface area contributed by atoms with E-state index in [1.165, 1.54) is 11.3 Å². The highest BCUT2D eigenvalue weighted by Crippen LogP contribution is 2.46. The second-order valence-electron chi connectivity index (χ2n) is 8.52. The Morgan fingerprint density at radius 3 is 2.53 bits per heavy atom.